The summed E-state index contributed by atoms with van der Waals surface area (Å²) in [6.45, 7) is 4.15. The highest BCUT2D eigenvalue weighted by Gasteiger charge is 2.40. The van der Waals surface area contributed by atoms with Crippen molar-refractivity contribution in [1.29, 1.82) is 0 Å². The van der Waals surface area contributed by atoms with Crippen LogP contribution in [-0.2, 0) is 13.0 Å². The molecular weight excluding hydrogens is 431 g/mol. The molecule has 0 bridgehead atoms. The van der Waals surface area contributed by atoms with Gasteiger partial charge in [-0.25, -0.2) is 14.4 Å². The molecule has 0 saturated heterocycles. The molecule has 1 aliphatic carbocycles. The summed E-state index contributed by atoms with van der Waals surface area (Å²) >= 11 is 0. The standard InChI is InChI=1S/C27H27FN4O2/c1-17-3-5-20(6-4-17)24(25-23-13-21(28)14-32(23)16-29-25)31-26(34)22-12-19(11-18(2)30-22)7-8-27(15-33)9-10-27/h3-6,11-12,16,21,24,33H,9-10,13-15H2,1-2H3,(H,31,34)/t21-,24?/m1/s1. The van der Waals surface area contributed by atoms with Gasteiger partial charge in [0.25, 0.3) is 5.91 Å². The van der Waals surface area contributed by atoms with Gasteiger partial charge in [0.2, 0.25) is 0 Å². The lowest BCUT2D eigenvalue weighted by atomic mass is 9.99. The molecule has 5 rings (SSSR count). The second kappa shape index (κ2) is 8.69. The third kappa shape index (κ3) is 4.46. The molecule has 1 unspecified atom stereocenters. The molecule has 1 fully saturated rings. The number of aryl methyl sites for hydroxylation is 2. The van der Waals surface area contributed by atoms with E-state index in [2.05, 4.69) is 27.1 Å². The van der Waals surface area contributed by atoms with E-state index in [0.29, 0.717) is 17.0 Å². The molecular formula is C27H27FN4O2. The largest absolute Gasteiger partial charge is 0.395 e. The highest BCUT2D eigenvalue weighted by Crippen LogP contribution is 2.44. The van der Waals surface area contributed by atoms with Crippen LogP contribution in [0.2, 0.25) is 0 Å². The number of carbonyl (C=O) groups is 1. The number of fused-ring (bicyclic) bond motifs is 1. The number of aliphatic hydroxyl groups excluding tert-OH is 1. The van der Waals surface area contributed by atoms with Crippen molar-refractivity contribution in [2.75, 3.05) is 6.61 Å². The zero-order valence-corrected chi connectivity index (χ0v) is 19.3. The molecule has 6 nitrogen and oxygen atoms in total. The maximum atomic E-state index is 14.1. The third-order valence-corrected chi connectivity index (χ3v) is 6.56. The van der Waals surface area contributed by atoms with E-state index in [4.69, 9.17) is 0 Å². The van der Waals surface area contributed by atoms with Gasteiger partial charge in [0.05, 0.1) is 36.6 Å². The zero-order valence-electron chi connectivity index (χ0n) is 19.3. The number of carbonyl (C=O) groups excluding carboxylic acids is 1. The summed E-state index contributed by atoms with van der Waals surface area (Å²) in [4.78, 5) is 22.3. The topological polar surface area (TPSA) is 80.0 Å². The Morgan fingerprint density at radius 3 is 2.76 bits per heavy atom. The Morgan fingerprint density at radius 2 is 2.06 bits per heavy atom. The molecule has 3 heterocycles. The van der Waals surface area contributed by atoms with Gasteiger partial charge in [-0.15, -0.1) is 0 Å². The average molecular weight is 459 g/mol. The number of aromatic nitrogens is 3. The summed E-state index contributed by atoms with van der Waals surface area (Å²) in [5.41, 5.74) is 4.76. The Hall–Kier alpha value is -3.50. The van der Waals surface area contributed by atoms with Crippen LogP contribution < -0.4 is 5.32 Å². The summed E-state index contributed by atoms with van der Waals surface area (Å²) in [6, 6.07) is 10.8. The molecule has 1 amide bonds. The first kappa shape index (κ1) is 22.3. The van der Waals surface area contributed by atoms with Crippen molar-refractivity contribution >= 4 is 5.91 Å². The first-order chi connectivity index (χ1) is 16.4. The van der Waals surface area contributed by atoms with E-state index < -0.39 is 12.2 Å². The summed E-state index contributed by atoms with van der Waals surface area (Å²) < 4.78 is 15.9. The number of hydrogen-bond acceptors (Lipinski definition) is 4. The van der Waals surface area contributed by atoms with Crippen molar-refractivity contribution in [3.05, 3.63) is 82.2 Å². The molecule has 2 aliphatic rings. The van der Waals surface area contributed by atoms with Crippen molar-refractivity contribution in [2.45, 2.75) is 51.9 Å². The number of nitrogens with one attached hydrogen (secondary N) is 1. The van der Waals surface area contributed by atoms with Crippen molar-refractivity contribution in [3.8, 4) is 11.8 Å². The van der Waals surface area contributed by atoms with Crippen LogP contribution in [0, 0.1) is 31.1 Å². The van der Waals surface area contributed by atoms with Crippen LogP contribution in [0.4, 0.5) is 4.39 Å². The van der Waals surface area contributed by atoms with Crippen LogP contribution in [0.1, 0.15) is 63.1 Å². The molecule has 0 spiro atoms. The van der Waals surface area contributed by atoms with Crippen LogP contribution in [0.5, 0.6) is 0 Å². The molecule has 2 N–H and O–H groups in total. The second-order valence-corrected chi connectivity index (χ2v) is 9.42. The minimum Gasteiger partial charge on any atom is -0.395 e. The fourth-order valence-electron chi connectivity index (χ4n) is 4.34. The molecule has 3 aromatic rings. The fourth-order valence-corrected chi connectivity index (χ4v) is 4.34. The molecule has 7 heteroatoms. The van der Waals surface area contributed by atoms with Crippen LogP contribution in [0.3, 0.4) is 0 Å². The first-order valence-electron chi connectivity index (χ1n) is 11.5. The molecule has 2 aromatic heterocycles. The second-order valence-electron chi connectivity index (χ2n) is 9.42. The summed E-state index contributed by atoms with van der Waals surface area (Å²) in [7, 11) is 0. The lowest BCUT2D eigenvalue weighted by molar-refractivity contribution is 0.0937. The van der Waals surface area contributed by atoms with Crippen molar-refractivity contribution in [1.82, 2.24) is 19.9 Å². The van der Waals surface area contributed by atoms with Gasteiger partial charge < -0.3 is 15.0 Å². The number of nitrogens with zero attached hydrogens (tertiary/aromatic N) is 3. The minimum atomic E-state index is -0.945. The Balaban J connectivity index is 1.46. The average Bonchev–Trinajstić information content (AvgIpc) is 3.38. The van der Waals surface area contributed by atoms with E-state index in [-0.39, 0.29) is 36.6 Å². The smallest absolute Gasteiger partial charge is 0.270 e. The van der Waals surface area contributed by atoms with Gasteiger partial charge in [0.15, 0.2) is 0 Å². The summed E-state index contributed by atoms with van der Waals surface area (Å²) in [6.07, 6.45) is 2.76. The Labute approximate surface area is 198 Å². The SMILES string of the molecule is Cc1ccc(C(NC(=O)c2cc(C#CC3(CO)CC3)cc(C)n2)c2ncn3c2C[C@@H](F)C3)cc1. The predicted octanol–water partition coefficient (Wildman–Crippen LogP) is 3.43. The van der Waals surface area contributed by atoms with E-state index in [1.807, 2.05) is 48.7 Å². The highest BCUT2D eigenvalue weighted by atomic mass is 19.1. The van der Waals surface area contributed by atoms with Gasteiger partial charge in [-0.05, 0) is 44.4 Å². The summed E-state index contributed by atoms with van der Waals surface area (Å²) in [5.74, 6) is 5.90. The van der Waals surface area contributed by atoms with Crippen LogP contribution in [0.15, 0.2) is 42.7 Å². The number of alkyl halides is 1. The number of amides is 1. The molecule has 1 aromatic carbocycles. The van der Waals surface area contributed by atoms with E-state index in [9.17, 15) is 14.3 Å². The van der Waals surface area contributed by atoms with Crippen LogP contribution >= 0.6 is 0 Å². The van der Waals surface area contributed by atoms with E-state index in [1.165, 1.54) is 0 Å². The van der Waals surface area contributed by atoms with Gasteiger partial charge in [-0.2, -0.15) is 0 Å². The number of imidazole rings is 1. The maximum Gasteiger partial charge on any atom is 0.270 e. The molecule has 1 aliphatic heterocycles. The number of benzene rings is 1. The maximum absolute atomic E-state index is 14.1. The monoisotopic (exact) mass is 458 g/mol. The zero-order chi connectivity index (χ0) is 23.9. The molecule has 174 valence electrons. The van der Waals surface area contributed by atoms with E-state index >= 15 is 0 Å². The Kier molecular flexibility index (Phi) is 5.70. The normalized spacial score (nSPS) is 18.5. The fraction of sp³-hybridized carbons (Fsp3) is 0.370. The minimum absolute atomic E-state index is 0.0460. The predicted molar refractivity (Wildman–Crippen MR) is 126 cm³/mol. The van der Waals surface area contributed by atoms with Crippen molar-refractivity contribution in [2.24, 2.45) is 5.41 Å². The number of halogens is 1. The Morgan fingerprint density at radius 1 is 1.29 bits per heavy atom. The van der Waals surface area contributed by atoms with Gasteiger partial charge in [0.1, 0.15) is 11.9 Å². The van der Waals surface area contributed by atoms with Crippen LogP contribution in [-0.4, -0.2) is 38.3 Å². The van der Waals surface area contributed by atoms with E-state index in [0.717, 1.165) is 29.7 Å². The number of pyridine rings is 1. The van der Waals surface area contributed by atoms with Gasteiger partial charge in [-0.3, -0.25) is 4.79 Å². The van der Waals surface area contributed by atoms with E-state index in [1.54, 1.807) is 12.4 Å². The highest BCUT2D eigenvalue weighted by molar-refractivity contribution is 5.93. The Bertz CT molecular complexity index is 1300. The molecule has 1 saturated carbocycles. The first-order valence-corrected chi connectivity index (χ1v) is 11.5. The number of hydrogen-bond donors (Lipinski definition) is 2. The molecule has 34 heavy (non-hydrogen) atoms. The quantitative estimate of drug-likeness (QED) is 0.574. The van der Waals surface area contributed by atoms with Gasteiger partial charge >= 0.3 is 0 Å². The van der Waals surface area contributed by atoms with Crippen molar-refractivity contribution in [3.63, 3.8) is 0 Å². The van der Waals surface area contributed by atoms with Crippen molar-refractivity contribution < 1.29 is 14.3 Å². The lowest BCUT2D eigenvalue weighted by Gasteiger charge is -2.19. The van der Waals surface area contributed by atoms with Gasteiger partial charge in [-0.1, -0.05) is 41.7 Å². The number of aliphatic hydroxyl groups is 1. The molecule has 2 atom stereocenters. The molecule has 0 radical (unpaired) electrons. The van der Waals surface area contributed by atoms with Gasteiger partial charge in [0, 0.05) is 23.4 Å². The summed E-state index contributed by atoms with van der Waals surface area (Å²) in [5, 5.41) is 12.6. The third-order valence-electron chi connectivity index (χ3n) is 6.56. The number of rotatable bonds is 5. The van der Waals surface area contributed by atoms with Crippen LogP contribution in [0.25, 0.3) is 0 Å². The lowest BCUT2D eigenvalue weighted by Crippen LogP contribution is -2.31.